The van der Waals surface area contributed by atoms with Crippen LogP contribution < -0.4 is 10.9 Å². The highest BCUT2D eigenvalue weighted by Gasteiger charge is 2.24. The molecule has 1 atom stereocenters. The largest absolute Gasteiger partial charge is 0.379 e. The number of nitrogens with one attached hydrogen (secondary N) is 1. The molecule has 1 saturated heterocycles. The minimum absolute atomic E-state index is 0.140. The number of aromatic nitrogens is 3. The van der Waals surface area contributed by atoms with Gasteiger partial charge < -0.3 is 14.6 Å². The summed E-state index contributed by atoms with van der Waals surface area (Å²) in [5.41, 5.74) is 4.06. The summed E-state index contributed by atoms with van der Waals surface area (Å²) in [7, 11) is 0. The molecule has 1 amide bonds. The van der Waals surface area contributed by atoms with Crippen LogP contribution in [0.15, 0.2) is 65.6 Å². The zero-order valence-electron chi connectivity index (χ0n) is 20.9. The highest BCUT2D eigenvalue weighted by molar-refractivity contribution is 5.95. The number of morpholine rings is 1. The van der Waals surface area contributed by atoms with Crippen molar-refractivity contribution >= 4 is 22.4 Å². The Labute approximate surface area is 210 Å². The molecule has 0 spiro atoms. The minimum atomic E-state index is -0.505. The maximum Gasteiger partial charge on any atom is 0.281 e. The van der Waals surface area contributed by atoms with E-state index in [0.29, 0.717) is 11.1 Å². The summed E-state index contributed by atoms with van der Waals surface area (Å²) < 4.78 is 8.74. The SMILES string of the molecule is Cc1c2cnn(-c3ccccc3)c(=O)c2c(C)n1[C@@H](C)C(=O)Nc1ccc(CN2CCOCC2)cc1. The van der Waals surface area contributed by atoms with Crippen LogP contribution in [0.25, 0.3) is 16.5 Å². The number of amides is 1. The van der Waals surface area contributed by atoms with Crippen molar-refractivity contribution in [2.45, 2.75) is 33.4 Å². The molecule has 1 aliphatic heterocycles. The standard InChI is InChI=1S/C28H31N5O3/c1-19-25-17-29-33(24-7-5-4-6-8-24)28(35)26(25)20(2)32(19)21(3)27(34)30-23-11-9-22(10-12-23)18-31-13-15-36-16-14-31/h4-12,17,21H,13-16,18H2,1-3H3,(H,30,34)/t21-/m0/s1. The Morgan fingerprint density at radius 1 is 1.03 bits per heavy atom. The van der Waals surface area contributed by atoms with Crippen molar-refractivity contribution in [1.29, 1.82) is 0 Å². The van der Waals surface area contributed by atoms with Crippen molar-refractivity contribution in [1.82, 2.24) is 19.2 Å². The number of hydrogen-bond acceptors (Lipinski definition) is 5. The number of carbonyl (C=O) groups is 1. The lowest BCUT2D eigenvalue weighted by Crippen LogP contribution is -2.35. The summed E-state index contributed by atoms with van der Waals surface area (Å²) in [5.74, 6) is -0.140. The Balaban J connectivity index is 1.36. The van der Waals surface area contributed by atoms with E-state index in [0.717, 1.165) is 55.3 Å². The van der Waals surface area contributed by atoms with Gasteiger partial charge in [0, 0.05) is 42.1 Å². The number of nitrogens with zero attached hydrogens (tertiary/aromatic N) is 4. The second-order valence-corrected chi connectivity index (χ2v) is 9.28. The quantitative estimate of drug-likeness (QED) is 0.449. The Morgan fingerprint density at radius 2 is 1.72 bits per heavy atom. The number of hydrogen-bond donors (Lipinski definition) is 1. The average molecular weight is 486 g/mol. The molecule has 3 heterocycles. The van der Waals surface area contributed by atoms with Crippen LogP contribution in [0.1, 0.15) is 29.9 Å². The van der Waals surface area contributed by atoms with Gasteiger partial charge >= 0.3 is 0 Å². The third-order valence-corrected chi connectivity index (χ3v) is 6.95. The molecule has 0 bridgehead atoms. The molecule has 8 heteroatoms. The molecule has 0 saturated carbocycles. The predicted octanol–water partition coefficient (Wildman–Crippen LogP) is 3.84. The maximum absolute atomic E-state index is 13.3. The van der Waals surface area contributed by atoms with Crippen LogP contribution in [0.5, 0.6) is 0 Å². The summed E-state index contributed by atoms with van der Waals surface area (Å²) >= 11 is 0. The molecule has 8 nitrogen and oxygen atoms in total. The van der Waals surface area contributed by atoms with Gasteiger partial charge in [0.25, 0.3) is 5.56 Å². The Hall–Kier alpha value is -3.75. The molecule has 5 rings (SSSR count). The van der Waals surface area contributed by atoms with E-state index in [1.807, 2.05) is 79.9 Å². The van der Waals surface area contributed by atoms with Gasteiger partial charge in [-0.1, -0.05) is 30.3 Å². The van der Waals surface area contributed by atoms with Crippen molar-refractivity contribution in [3.05, 3.63) is 88.1 Å². The van der Waals surface area contributed by atoms with E-state index in [2.05, 4.69) is 15.3 Å². The maximum atomic E-state index is 13.3. The van der Waals surface area contributed by atoms with Gasteiger partial charge in [-0.3, -0.25) is 14.5 Å². The van der Waals surface area contributed by atoms with E-state index in [9.17, 15) is 9.59 Å². The number of carbonyl (C=O) groups excluding carboxylic acids is 1. The first-order chi connectivity index (χ1) is 17.4. The number of aryl methyl sites for hydroxylation is 2. The smallest absolute Gasteiger partial charge is 0.281 e. The third-order valence-electron chi connectivity index (χ3n) is 6.95. The molecule has 186 valence electrons. The molecular formula is C28H31N5O3. The second kappa shape index (κ2) is 10.1. The highest BCUT2D eigenvalue weighted by atomic mass is 16.5. The number of ether oxygens (including phenoxy) is 1. The van der Waals surface area contributed by atoms with Crippen LogP contribution in [0.2, 0.25) is 0 Å². The minimum Gasteiger partial charge on any atom is -0.379 e. The lowest BCUT2D eigenvalue weighted by Gasteiger charge is -2.26. The van der Waals surface area contributed by atoms with E-state index in [-0.39, 0.29) is 11.5 Å². The van der Waals surface area contributed by atoms with Crippen LogP contribution in [0.3, 0.4) is 0 Å². The Morgan fingerprint density at radius 3 is 2.42 bits per heavy atom. The molecule has 4 aromatic rings. The van der Waals surface area contributed by atoms with Crippen molar-refractivity contribution in [3.63, 3.8) is 0 Å². The number of anilines is 1. The van der Waals surface area contributed by atoms with Crippen LogP contribution in [-0.4, -0.2) is 51.5 Å². The first kappa shape index (κ1) is 24.0. The lowest BCUT2D eigenvalue weighted by molar-refractivity contribution is -0.118. The van der Waals surface area contributed by atoms with E-state index in [1.54, 1.807) is 6.20 Å². The number of benzene rings is 2. The van der Waals surface area contributed by atoms with Crippen molar-refractivity contribution in [3.8, 4) is 5.69 Å². The molecular weight excluding hydrogens is 454 g/mol. The fraction of sp³-hybridized carbons (Fsp3) is 0.321. The van der Waals surface area contributed by atoms with Crippen LogP contribution in [0.4, 0.5) is 5.69 Å². The average Bonchev–Trinajstić information content (AvgIpc) is 3.16. The molecule has 2 aromatic heterocycles. The van der Waals surface area contributed by atoms with Crippen LogP contribution >= 0.6 is 0 Å². The lowest BCUT2D eigenvalue weighted by atomic mass is 10.1. The van der Waals surface area contributed by atoms with E-state index >= 15 is 0 Å². The Kier molecular flexibility index (Phi) is 6.71. The zero-order chi connectivity index (χ0) is 25.2. The molecule has 1 fully saturated rings. The van der Waals surface area contributed by atoms with E-state index in [1.165, 1.54) is 10.2 Å². The van der Waals surface area contributed by atoms with Crippen LogP contribution in [0, 0.1) is 13.8 Å². The fourth-order valence-corrected chi connectivity index (χ4v) is 4.99. The van der Waals surface area contributed by atoms with Crippen molar-refractivity contribution < 1.29 is 9.53 Å². The second-order valence-electron chi connectivity index (χ2n) is 9.28. The van der Waals surface area contributed by atoms with Gasteiger partial charge in [-0.05, 0) is 50.6 Å². The summed E-state index contributed by atoms with van der Waals surface area (Å²) in [6.45, 7) is 9.95. The summed E-state index contributed by atoms with van der Waals surface area (Å²) in [6.07, 6.45) is 1.71. The third kappa shape index (κ3) is 4.57. The Bertz CT molecular complexity index is 1430. The number of rotatable bonds is 6. The van der Waals surface area contributed by atoms with E-state index < -0.39 is 6.04 Å². The molecule has 1 N–H and O–H groups in total. The number of para-hydroxylation sites is 1. The van der Waals surface area contributed by atoms with Crippen molar-refractivity contribution in [2.24, 2.45) is 0 Å². The molecule has 36 heavy (non-hydrogen) atoms. The van der Waals surface area contributed by atoms with Crippen molar-refractivity contribution in [2.75, 3.05) is 31.6 Å². The van der Waals surface area contributed by atoms with Gasteiger partial charge in [-0.15, -0.1) is 0 Å². The molecule has 0 radical (unpaired) electrons. The molecule has 0 unspecified atom stereocenters. The van der Waals surface area contributed by atoms with Crippen LogP contribution in [-0.2, 0) is 16.1 Å². The molecule has 2 aromatic carbocycles. The number of fused-ring (bicyclic) bond motifs is 1. The van der Waals surface area contributed by atoms with Gasteiger partial charge in [0.15, 0.2) is 0 Å². The van der Waals surface area contributed by atoms with E-state index in [4.69, 9.17) is 4.74 Å². The first-order valence-corrected chi connectivity index (χ1v) is 12.3. The summed E-state index contributed by atoms with van der Waals surface area (Å²) in [4.78, 5) is 28.9. The molecule has 1 aliphatic rings. The van der Waals surface area contributed by atoms with Gasteiger partial charge in [0.05, 0.1) is 30.5 Å². The van der Waals surface area contributed by atoms with Gasteiger partial charge in [0.1, 0.15) is 6.04 Å². The zero-order valence-corrected chi connectivity index (χ0v) is 20.9. The van der Waals surface area contributed by atoms with Gasteiger partial charge in [0.2, 0.25) is 5.91 Å². The topological polar surface area (TPSA) is 81.4 Å². The van der Waals surface area contributed by atoms with Gasteiger partial charge in [-0.25, -0.2) is 0 Å². The molecule has 0 aliphatic carbocycles. The summed E-state index contributed by atoms with van der Waals surface area (Å²) in [5, 5.41) is 8.77. The first-order valence-electron chi connectivity index (χ1n) is 12.3. The monoisotopic (exact) mass is 485 g/mol. The fourth-order valence-electron chi connectivity index (χ4n) is 4.99. The van der Waals surface area contributed by atoms with Gasteiger partial charge in [-0.2, -0.15) is 9.78 Å². The highest BCUT2D eigenvalue weighted by Crippen LogP contribution is 2.27. The summed E-state index contributed by atoms with van der Waals surface area (Å²) in [6, 6.07) is 16.8. The predicted molar refractivity (Wildman–Crippen MR) is 141 cm³/mol. The normalized spacial score (nSPS) is 15.2.